The van der Waals surface area contributed by atoms with E-state index in [1.165, 1.54) is 37.8 Å². The summed E-state index contributed by atoms with van der Waals surface area (Å²) in [6.07, 6.45) is 9.14. The molecular formula is C18H34SiTi. The predicted molar refractivity (Wildman–Crippen MR) is 93.4 cm³/mol. The van der Waals surface area contributed by atoms with Crippen LogP contribution in [0, 0.1) is 34.3 Å². The molecule has 20 heavy (non-hydrogen) atoms. The van der Waals surface area contributed by atoms with Gasteiger partial charge in [0.05, 0.1) is 0 Å². The Morgan fingerprint density at radius 1 is 1.10 bits per heavy atom. The van der Waals surface area contributed by atoms with E-state index in [0.29, 0.717) is 0 Å². The fraction of sp³-hybridized carbons (Fsp3) is 0.611. The summed E-state index contributed by atoms with van der Waals surface area (Å²) in [5.41, 5.74) is 4.91. The summed E-state index contributed by atoms with van der Waals surface area (Å²) < 4.78 is 0. The van der Waals surface area contributed by atoms with Crippen LogP contribution < -0.4 is 0 Å². The summed E-state index contributed by atoms with van der Waals surface area (Å²) in [5, 5.41) is 0. The zero-order chi connectivity index (χ0) is 11.8. The van der Waals surface area contributed by atoms with Crippen molar-refractivity contribution < 1.29 is 21.7 Å². The van der Waals surface area contributed by atoms with E-state index < -0.39 is 8.07 Å². The summed E-state index contributed by atoms with van der Waals surface area (Å²) in [7, 11) is -0.955. The van der Waals surface area contributed by atoms with Gasteiger partial charge >= 0.3 is 21.7 Å². The monoisotopic (exact) mass is 326 g/mol. The van der Waals surface area contributed by atoms with Crippen molar-refractivity contribution in [2.24, 2.45) is 5.92 Å². The van der Waals surface area contributed by atoms with Crippen LogP contribution in [-0.2, 0) is 21.7 Å². The van der Waals surface area contributed by atoms with Gasteiger partial charge < -0.3 is 22.3 Å². The first kappa shape index (κ1) is 25.4. The minimum atomic E-state index is -0.955. The minimum Gasteiger partial charge on any atom is -0.358 e. The molecule has 2 aliphatic rings. The topological polar surface area (TPSA) is 0 Å². The molecule has 0 aromatic heterocycles. The molecule has 114 valence electrons. The number of hydrogen-bond donors (Lipinski definition) is 0. The van der Waals surface area contributed by atoms with Gasteiger partial charge in [-0.3, -0.25) is 0 Å². The van der Waals surface area contributed by atoms with Crippen molar-refractivity contribution in [2.75, 3.05) is 0 Å². The maximum atomic E-state index is 3.67. The van der Waals surface area contributed by atoms with Crippen molar-refractivity contribution in [1.82, 2.24) is 0 Å². The van der Waals surface area contributed by atoms with Gasteiger partial charge in [0.2, 0.25) is 0 Å². The van der Waals surface area contributed by atoms with Crippen LogP contribution in [0.15, 0.2) is 16.7 Å². The summed E-state index contributed by atoms with van der Waals surface area (Å²) in [6, 6.07) is 2.88. The Kier molecular flexibility index (Phi) is 12.9. The third kappa shape index (κ3) is 5.66. The van der Waals surface area contributed by atoms with Crippen molar-refractivity contribution in [1.29, 1.82) is 0 Å². The average molecular weight is 326 g/mol. The smallest absolute Gasteiger partial charge is 0.358 e. The summed E-state index contributed by atoms with van der Waals surface area (Å²) in [4.78, 5) is 0. The quantitative estimate of drug-likeness (QED) is 0.421. The van der Waals surface area contributed by atoms with Crippen LogP contribution in [0.2, 0.25) is 25.2 Å². The molecule has 0 radical (unpaired) electrons. The van der Waals surface area contributed by atoms with E-state index in [1.54, 1.807) is 16.7 Å². The molecule has 0 aromatic carbocycles. The fourth-order valence-electron chi connectivity index (χ4n) is 3.02. The van der Waals surface area contributed by atoms with Gasteiger partial charge in [0, 0.05) is 8.07 Å². The van der Waals surface area contributed by atoms with E-state index in [-0.39, 0.29) is 44.0 Å². The standard InChI is InChI=1S/C15H25Si.3CH3.Ti/c1-5-16(3,4)11-15-12(2)10-13-8-6-7-9-14(13)15;;;;/h15H,5-9,11H2,1-4H3;3*1H3;/q4*-1;+4. The molecule has 2 rings (SSSR count). The predicted octanol–water partition coefficient (Wildman–Crippen LogP) is 6.31. The van der Waals surface area contributed by atoms with E-state index in [9.17, 15) is 0 Å². The SMILES string of the molecule is CC[Si](C)(C)CC1C(C)=[C-]C2=C1CCCC2.[CH3-].[CH3-].[CH3-].[Ti+4]. The van der Waals surface area contributed by atoms with E-state index in [0.717, 1.165) is 5.92 Å². The van der Waals surface area contributed by atoms with Crippen molar-refractivity contribution >= 4 is 8.07 Å². The van der Waals surface area contributed by atoms with Gasteiger partial charge in [-0.05, 0) is 0 Å². The van der Waals surface area contributed by atoms with Crippen LogP contribution in [0.3, 0.4) is 0 Å². The number of hydrogen-bond acceptors (Lipinski definition) is 0. The Bertz CT molecular complexity index is 339. The Balaban J connectivity index is -0.000000722. The Labute approximate surface area is 145 Å². The van der Waals surface area contributed by atoms with Crippen molar-refractivity contribution in [3.05, 3.63) is 45.1 Å². The van der Waals surface area contributed by atoms with Gasteiger partial charge in [0.1, 0.15) is 0 Å². The van der Waals surface area contributed by atoms with Crippen molar-refractivity contribution in [2.45, 2.75) is 64.7 Å². The van der Waals surface area contributed by atoms with Crippen LogP contribution in [0.4, 0.5) is 0 Å². The molecule has 2 aliphatic carbocycles. The molecule has 2 heteroatoms. The zero-order valence-corrected chi connectivity index (χ0v) is 17.4. The van der Waals surface area contributed by atoms with Crippen molar-refractivity contribution in [3.8, 4) is 0 Å². The van der Waals surface area contributed by atoms with Crippen molar-refractivity contribution in [3.63, 3.8) is 0 Å². The second kappa shape index (κ2) is 10.2. The van der Waals surface area contributed by atoms with Crippen LogP contribution in [-0.4, -0.2) is 8.07 Å². The normalized spacial score (nSPS) is 20.6. The second-order valence-electron chi connectivity index (χ2n) is 6.29. The van der Waals surface area contributed by atoms with Gasteiger partial charge in [-0.15, -0.1) is 0 Å². The van der Waals surface area contributed by atoms with Gasteiger partial charge in [0.15, 0.2) is 0 Å². The zero-order valence-electron chi connectivity index (χ0n) is 14.8. The largest absolute Gasteiger partial charge is 4.00 e. The van der Waals surface area contributed by atoms with Crippen LogP contribution in [0.25, 0.3) is 0 Å². The van der Waals surface area contributed by atoms with E-state index >= 15 is 0 Å². The van der Waals surface area contributed by atoms with Crippen LogP contribution in [0.1, 0.15) is 39.5 Å². The summed E-state index contributed by atoms with van der Waals surface area (Å²) in [5.74, 6) is 0.789. The van der Waals surface area contributed by atoms with Gasteiger partial charge in [-0.25, -0.2) is 17.2 Å². The number of rotatable bonds is 3. The third-order valence-corrected chi connectivity index (χ3v) is 7.94. The Hall–Kier alpha value is 0.411. The maximum absolute atomic E-state index is 3.67. The molecule has 0 nitrogen and oxygen atoms in total. The molecule has 0 N–H and O–H groups in total. The first-order valence-corrected chi connectivity index (χ1v) is 10.3. The molecule has 0 saturated heterocycles. The van der Waals surface area contributed by atoms with Gasteiger partial charge in [-0.1, -0.05) is 70.6 Å². The molecule has 0 amide bonds. The average Bonchev–Trinajstić information content (AvgIpc) is 2.56. The number of allylic oxidation sites excluding steroid dienone is 4. The van der Waals surface area contributed by atoms with E-state index in [4.69, 9.17) is 0 Å². The minimum absolute atomic E-state index is 0. The molecule has 0 saturated carbocycles. The molecule has 0 aliphatic heterocycles. The second-order valence-corrected chi connectivity index (χ2v) is 11.7. The molecule has 0 fully saturated rings. The fourth-order valence-corrected chi connectivity index (χ4v) is 4.96. The molecule has 0 aromatic rings. The van der Waals surface area contributed by atoms with E-state index in [2.05, 4.69) is 33.0 Å². The third-order valence-electron chi connectivity index (χ3n) is 4.52. The summed E-state index contributed by atoms with van der Waals surface area (Å²) in [6.45, 7) is 9.77. The van der Waals surface area contributed by atoms with Crippen LogP contribution >= 0.6 is 0 Å². The van der Waals surface area contributed by atoms with Gasteiger partial charge in [0.25, 0.3) is 0 Å². The van der Waals surface area contributed by atoms with Crippen LogP contribution in [0.5, 0.6) is 0 Å². The maximum Gasteiger partial charge on any atom is 4.00 e. The first-order valence-electron chi connectivity index (χ1n) is 6.86. The summed E-state index contributed by atoms with van der Waals surface area (Å²) >= 11 is 0. The molecule has 0 spiro atoms. The Morgan fingerprint density at radius 2 is 1.65 bits per heavy atom. The first-order chi connectivity index (χ1) is 7.53. The molecular weight excluding hydrogens is 292 g/mol. The molecule has 0 heterocycles. The van der Waals surface area contributed by atoms with E-state index in [1.807, 2.05) is 0 Å². The molecule has 0 bridgehead atoms. The Morgan fingerprint density at radius 3 is 2.20 bits per heavy atom. The molecule has 1 atom stereocenters. The molecule has 1 unspecified atom stereocenters. The van der Waals surface area contributed by atoms with Gasteiger partial charge in [-0.2, -0.15) is 5.57 Å².